The van der Waals surface area contributed by atoms with Crippen LogP contribution in [0.5, 0.6) is 0 Å². The molecular weight excluding hydrogens is 451 g/mol. The summed E-state index contributed by atoms with van der Waals surface area (Å²) in [5.74, 6) is 0.156. The molecular formula is C29H29FN6. The molecule has 0 aliphatic heterocycles. The van der Waals surface area contributed by atoms with Crippen LogP contribution in [0.15, 0.2) is 85.4 Å². The number of H-pyrrole nitrogens is 1. The van der Waals surface area contributed by atoms with E-state index in [1.165, 1.54) is 11.8 Å². The second-order valence-electron chi connectivity index (χ2n) is 7.86. The van der Waals surface area contributed by atoms with Gasteiger partial charge in [0, 0.05) is 31.3 Å². The third kappa shape index (κ3) is 6.32. The summed E-state index contributed by atoms with van der Waals surface area (Å²) in [6.07, 6.45) is 18.6. The number of nitrogens with two attached hydrogens (primary N) is 1. The number of terminal acetylenes is 1. The SMILES string of the molecule is C#C.C=C/C(=C\C(=C/C)c1ncc(N)c(Cc2nc3ccncc3[nH]2)c1F)CNCc1ccccc1. The molecule has 4 aromatic rings. The van der Waals surface area contributed by atoms with Crippen molar-refractivity contribution < 1.29 is 4.39 Å². The Morgan fingerprint density at radius 1 is 1.19 bits per heavy atom. The van der Waals surface area contributed by atoms with Gasteiger partial charge in [-0.1, -0.05) is 49.1 Å². The van der Waals surface area contributed by atoms with E-state index in [2.05, 4.69) is 56.8 Å². The number of allylic oxidation sites excluding steroid dienone is 3. The molecule has 182 valence electrons. The molecule has 3 heterocycles. The third-order valence-electron chi connectivity index (χ3n) is 5.52. The number of aromatic amines is 1. The van der Waals surface area contributed by atoms with E-state index < -0.39 is 5.82 Å². The molecule has 1 aromatic carbocycles. The summed E-state index contributed by atoms with van der Waals surface area (Å²) >= 11 is 0. The zero-order chi connectivity index (χ0) is 25.9. The number of benzene rings is 1. The number of fused-ring (bicyclic) bond motifs is 1. The molecule has 0 bridgehead atoms. The number of imidazole rings is 1. The molecule has 0 aliphatic rings. The Balaban J connectivity index is 0.00000176. The van der Waals surface area contributed by atoms with Gasteiger partial charge in [-0.2, -0.15) is 0 Å². The van der Waals surface area contributed by atoms with Crippen molar-refractivity contribution in [3.8, 4) is 12.8 Å². The van der Waals surface area contributed by atoms with Crippen LogP contribution >= 0.6 is 0 Å². The minimum Gasteiger partial charge on any atom is -0.397 e. The number of hydrogen-bond donors (Lipinski definition) is 3. The summed E-state index contributed by atoms with van der Waals surface area (Å²) < 4.78 is 15.6. The van der Waals surface area contributed by atoms with E-state index >= 15 is 4.39 Å². The number of nitrogens with one attached hydrogen (secondary N) is 2. The fraction of sp³-hybridized carbons (Fsp3) is 0.138. The first-order chi connectivity index (χ1) is 17.6. The molecule has 0 aliphatic carbocycles. The number of anilines is 1. The smallest absolute Gasteiger partial charge is 0.155 e. The molecule has 3 aromatic heterocycles. The van der Waals surface area contributed by atoms with Crippen LogP contribution in [-0.2, 0) is 13.0 Å². The van der Waals surface area contributed by atoms with Gasteiger partial charge in [0.25, 0.3) is 0 Å². The molecule has 0 radical (unpaired) electrons. The van der Waals surface area contributed by atoms with Gasteiger partial charge in [-0.3, -0.25) is 9.97 Å². The van der Waals surface area contributed by atoms with Crippen LogP contribution in [0.4, 0.5) is 10.1 Å². The predicted molar refractivity (Wildman–Crippen MR) is 145 cm³/mol. The Hall–Kier alpha value is -4.54. The summed E-state index contributed by atoms with van der Waals surface area (Å²) in [5.41, 5.74) is 11.3. The highest BCUT2D eigenvalue weighted by atomic mass is 19.1. The summed E-state index contributed by atoms with van der Waals surface area (Å²) in [4.78, 5) is 16.1. The zero-order valence-electron chi connectivity index (χ0n) is 20.2. The lowest BCUT2D eigenvalue weighted by Gasteiger charge is -2.12. The maximum absolute atomic E-state index is 15.6. The minimum absolute atomic E-state index is 0.218. The highest BCUT2D eigenvalue weighted by molar-refractivity contribution is 5.75. The van der Waals surface area contributed by atoms with Gasteiger partial charge in [-0.05, 0) is 35.8 Å². The Kier molecular flexibility index (Phi) is 9.26. The quantitative estimate of drug-likeness (QED) is 0.226. The summed E-state index contributed by atoms with van der Waals surface area (Å²) in [5, 5.41) is 3.40. The van der Waals surface area contributed by atoms with Gasteiger partial charge in [-0.25, -0.2) is 9.37 Å². The van der Waals surface area contributed by atoms with Crippen molar-refractivity contribution in [1.82, 2.24) is 25.3 Å². The molecule has 0 atom stereocenters. The third-order valence-corrected chi connectivity index (χ3v) is 5.52. The van der Waals surface area contributed by atoms with E-state index in [0.29, 0.717) is 23.5 Å². The standard InChI is InChI=1S/C27H27FN6.C2H2/c1-3-18(14-31-15-19-8-6-5-7-9-19)12-20(4-2)27-26(28)21(22(29)16-32-27)13-25-33-23-10-11-30-17-24(23)34-25;1-2/h3-12,16-17,31H,1,13-15,29H2,2H3,(H,33,34);1-2H/b18-12+,20-4+;. The predicted octanol–water partition coefficient (Wildman–Crippen LogP) is 5.22. The van der Waals surface area contributed by atoms with Crippen molar-refractivity contribution in [2.75, 3.05) is 12.3 Å². The maximum atomic E-state index is 15.6. The van der Waals surface area contributed by atoms with Gasteiger partial charge in [-0.15, -0.1) is 12.8 Å². The van der Waals surface area contributed by atoms with Crippen LogP contribution in [0.2, 0.25) is 0 Å². The zero-order valence-corrected chi connectivity index (χ0v) is 20.2. The fourth-order valence-corrected chi connectivity index (χ4v) is 3.70. The molecule has 0 fully saturated rings. The van der Waals surface area contributed by atoms with Gasteiger partial charge >= 0.3 is 0 Å². The number of pyridine rings is 2. The van der Waals surface area contributed by atoms with Crippen LogP contribution in [0.1, 0.15) is 29.6 Å². The Morgan fingerprint density at radius 2 is 1.97 bits per heavy atom. The lowest BCUT2D eigenvalue weighted by molar-refractivity contribution is 0.603. The second kappa shape index (κ2) is 12.8. The van der Waals surface area contributed by atoms with Crippen molar-refractivity contribution >= 4 is 22.3 Å². The summed E-state index contributed by atoms with van der Waals surface area (Å²) in [6.45, 7) is 7.08. The number of halogens is 1. The Labute approximate surface area is 210 Å². The van der Waals surface area contributed by atoms with Crippen molar-refractivity contribution in [1.29, 1.82) is 0 Å². The number of nitrogens with zero attached hydrogens (tertiary/aromatic N) is 3. The van der Waals surface area contributed by atoms with E-state index in [4.69, 9.17) is 5.73 Å². The molecule has 4 rings (SSSR count). The van der Waals surface area contributed by atoms with Crippen LogP contribution < -0.4 is 11.1 Å². The van der Waals surface area contributed by atoms with Crippen LogP contribution in [0, 0.1) is 18.7 Å². The molecule has 0 amide bonds. The monoisotopic (exact) mass is 480 g/mol. The molecule has 36 heavy (non-hydrogen) atoms. The highest BCUT2D eigenvalue weighted by Gasteiger charge is 2.17. The van der Waals surface area contributed by atoms with Gasteiger partial charge in [0.05, 0.1) is 29.1 Å². The average Bonchev–Trinajstić information content (AvgIpc) is 3.33. The van der Waals surface area contributed by atoms with Crippen molar-refractivity contribution in [2.45, 2.75) is 19.9 Å². The van der Waals surface area contributed by atoms with Crippen molar-refractivity contribution in [3.05, 3.63) is 114 Å². The number of hydrogen-bond acceptors (Lipinski definition) is 5. The van der Waals surface area contributed by atoms with Crippen LogP contribution in [0.3, 0.4) is 0 Å². The summed E-state index contributed by atoms with van der Waals surface area (Å²) in [6, 6.07) is 11.9. The topological polar surface area (TPSA) is 92.5 Å². The lowest BCUT2D eigenvalue weighted by Crippen LogP contribution is -2.16. The van der Waals surface area contributed by atoms with E-state index in [-0.39, 0.29) is 17.8 Å². The van der Waals surface area contributed by atoms with Crippen LogP contribution in [0.25, 0.3) is 16.6 Å². The van der Waals surface area contributed by atoms with E-state index in [9.17, 15) is 0 Å². The molecule has 6 nitrogen and oxygen atoms in total. The first kappa shape index (κ1) is 26.1. The minimum atomic E-state index is -0.455. The second-order valence-corrected chi connectivity index (χ2v) is 7.86. The first-order valence-electron chi connectivity index (χ1n) is 11.4. The fourth-order valence-electron chi connectivity index (χ4n) is 3.70. The number of nitrogen functional groups attached to an aromatic ring is 1. The van der Waals surface area contributed by atoms with Gasteiger partial charge in [0.1, 0.15) is 11.5 Å². The molecule has 7 heteroatoms. The van der Waals surface area contributed by atoms with Crippen molar-refractivity contribution in [3.63, 3.8) is 0 Å². The molecule has 0 spiro atoms. The van der Waals surface area contributed by atoms with Crippen molar-refractivity contribution in [2.24, 2.45) is 0 Å². The number of aromatic nitrogens is 4. The summed E-state index contributed by atoms with van der Waals surface area (Å²) in [7, 11) is 0. The maximum Gasteiger partial charge on any atom is 0.155 e. The van der Waals surface area contributed by atoms with Gasteiger partial charge in [0.2, 0.25) is 0 Å². The van der Waals surface area contributed by atoms with E-state index in [1.807, 2.05) is 37.3 Å². The van der Waals surface area contributed by atoms with E-state index in [1.54, 1.807) is 24.5 Å². The molecule has 4 N–H and O–H groups in total. The molecule has 0 saturated carbocycles. The number of rotatable bonds is 9. The van der Waals surface area contributed by atoms with Gasteiger partial charge < -0.3 is 16.0 Å². The van der Waals surface area contributed by atoms with Crippen LogP contribution in [-0.4, -0.2) is 26.5 Å². The molecule has 0 saturated heterocycles. The highest BCUT2D eigenvalue weighted by Crippen LogP contribution is 2.27. The Bertz CT molecular complexity index is 1370. The lowest BCUT2D eigenvalue weighted by atomic mass is 10.0. The largest absolute Gasteiger partial charge is 0.397 e. The normalized spacial score (nSPS) is 11.7. The molecule has 0 unspecified atom stereocenters. The first-order valence-corrected chi connectivity index (χ1v) is 11.4. The average molecular weight is 481 g/mol. The van der Waals surface area contributed by atoms with Gasteiger partial charge in [0.15, 0.2) is 5.82 Å². The van der Waals surface area contributed by atoms with E-state index in [0.717, 1.165) is 23.2 Å². The Morgan fingerprint density at radius 3 is 2.67 bits per heavy atom.